The lowest BCUT2D eigenvalue weighted by molar-refractivity contribution is 0.415. The van der Waals surface area contributed by atoms with Crippen LogP contribution in [0.5, 0.6) is 5.75 Å². The summed E-state index contributed by atoms with van der Waals surface area (Å²) in [6, 6.07) is 15.9. The van der Waals surface area contributed by atoms with Crippen LogP contribution in [-0.4, -0.2) is 12.1 Å². The zero-order chi connectivity index (χ0) is 16.2. The number of hydrogen-bond acceptors (Lipinski definition) is 3. The Balaban J connectivity index is 1.83. The molecule has 3 aromatic rings. The first-order valence-electron chi connectivity index (χ1n) is 7.62. The normalized spacial score (nSPS) is 10.9. The van der Waals surface area contributed by atoms with Crippen LogP contribution in [0.1, 0.15) is 16.7 Å². The van der Waals surface area contributed by atoms with Crippen LogP contribution in [-0.2, 0) is 13.1 Å². The van der Waals surface area contributed by atoms with Gasteiger partial charge in [0.25, 0.3) is 5.56 Å². The minimum atomic E-state index is -0.0497. The van der Waals surface area contributed by atoms with Crippen LogP contribution in [0.25, 0.3) is 10.9 Å². The molecule has 2 N–H and O–H groups in total. The summed E-state index contributed by atoms with van der Waals surface area (Å²) in [4.78, 5) is 15.2. The van der Waals surface area contributed by atoms with Crippen molar-refractivity contribution >= 4 is 10.9 Å². The Morgan fingerprint density at radius 2 is 1.87 bits per heavy atom. The summed E-state index contributed by atoms with van der Waals surface area (Å²) in [5, 5.41) is 4.30. The number of aromatic nitrogens is 1. The Morgan fingerprint density at radius 1 is 1.09 bits per heavy atom. The second-order valence-corrected chi connectivity index (χ2v) is 5.62. The van der Waals surface area contributed by atoms with Gasteiger partial charge >= 0.3 is 0 Å². The first-order chi connectivity index (χ1) is 11.2. The number of methoxy groups -OCH3 is 1. The van der Waals surface area contributed by atoms with Crippen molar-refractivity contribution in [2.75, 3.05) is 7.11 Å². The van der Waals surface area contributed by atoms with E-state index in [0.717, 1.165) is 34.3 Å². The van der Waals surface area contributed by atoms with Gasteiger partial charge in [0.1, 0.15) is 5.75 Å². The molecule has 0 amide bonds. The highest BCUT2D eigenvalue weighted by molar-refractivity contribution is 5.83. The Morgan fingerprint density at radius 3 is 2.61 bits per heavy atom. The molecule has 1 aromatic heterocycles. The number of aryl methyl sites for hydroxylation is 1. The van der Waals surface area contributed by atoms with Gasteiger partial charge in [0, 0.05) is 24.0 Å². The second kappa shape index (κ2) is 6.67. The molecular formula is C19H20N2O2. The van der Waals surface area contributed by atoms with E-state index in [0.29, 0.717) is 6.54 Å². The fourth-order valence-corrected chi connectivity index (χ4v) is 2.70. The lowest BCUT2D eigenvalue weighted by atomic mass is 10.1. The van der Waals surface area contributed by atoms with Crippen LogP contribution in [0, 0.1) is 6.92 Å². The molecule has 0 aliphatic carbocycles. The average molecular weight is 308 g/mol. The van der Waals surface area contributed by atoms with E-state index in [1.165, 1.54) is 5.56 Å². The van der Waals surface area contributed by atoms with Gasteiger partial charge in [-0.2, -0.15) is 0 Å². The molecule has 0 saturated heterocycles. The van der Waals surface area contributed by atoms with E-state index in [-0.39, 0.29) is 5.56 Å². The molecule has 4 heteroatoms. The quantitative estimate of drug-likeness (QED) is 0.761. The van der Waals surface area contributed by atoms with Crippen LogP contribution < -0.4 is 15.6 Å². The SMILES string of the molecule is COc1cc(C)c2[nH]c(=O)c(CNCc3ccccc3)cc2c1. The molecule has 2 aromatic carbocycles. The molecule has 0 aliphatic heterocycles. The largest absolute Gasteiger partial charge is 0.497 e. The third-order valence-electron chi connectivity index (χ3n) is 3.92. The van der Waals surface area contributed by atoms with Gasteiger partial charge in [-0.05, 0) is 36.2 Å². The average Bonchev–Trinajstić information content (AvgIpc) is 2.57. The second-order valence-electron chi connectivity index (χ2n) is 5.62. The number of aromatic amines is 1. The third-order valence-corrected chi connectivity index (χ3v) is 3.92. The van der Waals surface area contributed by atoms with Gasteiger partial charge in [-0.1, -0.05) is 30.3 Å². The molecule has 0 spiro atoms. The van der Waals surface area contributed by atoms with E-state index in [9.17, 15) is 4.79 Å². The minimum Gasteiger partial charge on any atom is -0.497 e. The van der Waals surface area contributed by atoms with Gasteiger partial charge in [0.05, 0.1) is 12.6 Å². The van der Waals surface area contributed by atoms with Crippen LogP contribution in [0.15, 0.2) is 53.3 Å². The maximum Gasteiger partial charge on any atom is 0.252 e. The molecule has 23 heavy (non-hydrogen) atoms. The van der Waals surface area contributed by atoms with Crippen molar-refractivity contribution in [3.05, 3.63) is 75.6 Å². The fourth-order valence-electron chi connectivity index (χ4n) is 2.70. The van der Waals surface area contributed by atoms with Gasteiger partial charge in [-0.15, -0.1) is 0 Å². The van der Waals surface area contributed by atoms with Gasteiger partial charge in [-0.3, -0.25) is 4.79 Å². The van der Waals surface area contributed by atoms with Crippen LogP contribution >= 0.6 is 0 Å². The first-order valence-corrected chi connectivity index (χ1v) is 7.62. The molecule has 1 heterocycles. The summed E-state index contributed by atoms with van der Waals surface area (Å²) in [6.07, 6.45) is 0. The topological polar surface area (TPSA) is 54.1 Å². The smallest absolute Gasteiger partial charge is 0.252 e. The summed E-state index contributed by atoms with van der Waals surface area (Å²) < 4.78 is 5.30. The number of hydrogen-bond donors (Lipinski definition) is 2. The zero-order valence-electron chi connectivity index (χ0n) is 13.3. The van der Waals surface area contributed by atoms with E-state index in [4.69, 9.17) is 4.74 Å². The third kappa shape index (κ3) is 3.43. The molecular weight excluding hydrogens is 288 g/mol. The van der Waals surface area contributed by atoms with Crippen molar-refractivity contribution in [3.8, 4) is 5.75 Å². The molecule has 0 radical (unpaired) electrons. The van der Waals surface area contributed by atoms with Crippen molar-refractivity contribution in [2.24, 2.45) is 0 Å². The highest BCUT2D eigenvalue weighted by Gasteiger charge is 2.07. The van der Waals surface area contributed by atoms with E-state index >= 15 is 0 Å². The maximum absolute atomic E-state index is 12.3. The number of ether oxygens (including phenoxy) is 1. The lowest BCUT2D eigenvalue weighted by Gasteiger charge is -2.09. The highest BCUT2D eigenvalue weighted by Crippen LogP contribution is 2.22. The zero-order valence-corrected chi connectivity index (χ0v) is 13.3. The molecule has 118 valence electrons. The molecule has 4 nitrogen and oxygen atoms in total. The molecule has 0 aliphatic rings. The number of rotatable bonds is 5. The van der Waals surface area contributed by atoms with Gasteiger partial charge < -0.3 is 15.0 Å². The Labute approximate surface area is 135 Å². The summed E-state index contributed by atoms with van der Waals surface area (Å²) in [5.74, 6) is 0.797. The maximum atomic E-state index is 12.3. The predicted octanol–water partition coefficient (Wildman–Crippen LogP) is 3.13. The minimum absolute atomic E-state index is 0.0497. The Hall–Kier alpha value is -2.59. The Bertz CT molecular complexity index is 870. The number of nitrogens with one attached hydrogen (secondary N) is 2. The van der Waals surface area contributed by atoms with Crippen LogP contribution in [0.4, 0.5) is 0 Å². The van der Waals surface area contributed by atoms with Crippen molar-refractivity contribution in [1.82, 2.24) is 10.3 Å². The summed E-state index contributed by atoms with van der Waals surface area (Å²) in [7, 11) is 1.65. The summed E-state index contributed by atoms with van der Waals surface area (Å²) >= 11 is 0. The molecule has 0 atom stereocenters. The van der Waals surface area contributed by atoms with E-state index in [1.807, 2.05) is 43.3 Å². The van der Waals surface area contributed by atoms with Gasteiger partial charge in [0.2, 0.25) is 0 Å². The van der Waals surface area contributed by atoms with Gasteiger partial charge in [0.15, 0.2) is 0 Å². The molecule has 0 fully saturated rings. The van der Waals surface area contributed by atoms with Crippen molar-refractivity contribution < 1.29 is 4.74 Å². The van der Waals surface area contributed by atoms with E-state index in [2.05, 4.69) is 22.4 Å². The van der Waals surface area contributed by atoms with Gasteiger partial charge in [-0.25, -0.2) is 0 Å². The molecule has 0 saturated carbocycles. The van der Waals surface area contributed by atoms with Crippen molar-refractivity contribution in [2.45, 2.75) is 20.0 Å². The highest BCUT2D eigenvalue weighted by atomic mass is 16.5. The van der Waals surface area contributed by atoms with E-state index < -0.39 is 0 Å². The predicted molar refractivity (Wildman–Crippen MR) is 92.8 cm³/mol. The first kappa shape index (κ1) is 15.3. The fraction of sp³-hybridized carbons (Fsp3) is 0.211. The lowest BCUT2D eigenvalue weighted by Crippen LogP contribution is -2.21. The number of pyridine rings is 1. The standard InChI is InChI=1S/C19H20N2O2/c1-13-8-17(23-2)10-15-9-16(19(22)21-18(13)15)12-20-11-14-6-4-3-5-7-14/h3-10,20H,11-12H2,1-2H3,(H,21,22). The monoisotopic (exact) mass is 308 g/mol. The number of benzene rings is 2. The molecule has 3 rings (SSSR count). The van der Waals surface area contributed by atoms with Crippen LogP contribution in [0.2, 0.25) is 0 Å². The van der Waals surface area contributed by atoms with Crippen molar-refractivity contribution in [1.29, 1.82) is 0 Å². The van der Waals surface area contributed by atoms with E-state index in [1.54, 1.807) is 7.11 Å². The summed E-state index contributed by atoms with van der Waals surface area (Å²) in [5.41, 5.74) is 3.73. The number of fused-ring (bicyclic) bond motifs is 1. The van der Waals surface area contributed by atoms with Crippen LogP contribution in [0.3, 0.4) is 0 Å². The molecule has 0 bridgehead atoms. The molecule has 0 unspecified atom stereocenters. The number of H-pyrrole nitrogens is 1. The summed E-state index contributed by atoms with van der Waals surface area (Å²) in [6.45, 7) is 3.22. The van der Waals surface area contributed by atoms with Crippen molar-refractivity contribution in [3.63, 3.8) is 0 Å². The Kier molecular flexibility index (Phi) is 4.44.